The van der Waals surface area contributed by atoms with Gasteiger partial charge in [0.2, 0.25) is 0 Å². The second-order valence-corrected chi connectivity index (χ2v) is 3.73. The predicted octanol–water partition coefficient (Wildman–Crippen LogP) is 3.26. The molecule has 0 unspecified atom stereocenters. The van der Waals surface area contributed by atoms with E-state index >= 15 is 0 Å². The summed E-state index contributed by atoms with van der Waals surface area (Å²) in [5.74, 6) is 0. The summed E-state index contributed by atoms with van der Waals surface area (Å²) in [7, 11) is 0. The van der Waals surface area contributed by atoms with Crippen molar-refractivity contribution in [1.29, 1.82) is 0 Å². The van der Waals surface area contributed by atoms with Gasteiger partial charge >= 0.3 is 0 Å². The molecule has 13 heavy (non-hydrogen) atoms. The summed E-state index contributed by atoms with van der Waals surface area (Å²) in [5.41, 5.74) is 2.83. The molecule has 1 rings (SSSR count). The molecule has 0 bridgehead atoms. The van der Waals surface area contributed by atoms with Crippen molar-refractivity contribution in [2.45, 2.75) is 13.5 Å². The lowest BCUT2D eigenvalue weighted by molar-refractivity contribution is 0.281. The van der Waals surface area contributed by atoms with E-state index in [1.165, 1.54) is 0 Å². The molecule has 0 atom stereocenters. The van der Waals surface area contributed by atoms with Crippen molar-refractivity contribution in [3.8, 4) is 0 Å². The van der Waals surface area contributed by atoms with Crippen LogP contribution in [-0.4, -0.2) is 5.11 Å². The maximum absolute atomic E-state index is 8.99. The topological polar surface area (TPSA) is 20.2 Å². The highest BCUT2D eigenvalue weighted by Gasteiger charge is 2.00. The van der Waals surface area contributed by atoms with Crippen molar-refractivity contribution in [3.63, 3.8) is 0 Å². The minimum absolute atomic E-state index is 0.0351. The van der Waals surface area contributed by atoms with Crippen molar-refractivity contribution in [2.24, 2.45) is 0 Å². The summed E-state index contributed by atoms with van der Waals surface area (Å²) in [4.78, 5) is 0. The SMILES string of the molecule is Cc1c(C=C(Cl)Cl)cccc1CO. The molecule has 0 fully saturated rings. The van der Waals surface area contributed by atoms with E-state index in [2.05, 4.69) is 0 Å². The van der Waals surface area contributed by atoms with Crippen LogP contribution < -0.4 is 0 Å². The zero-order chi connectivity index (χ0) is 9.84. The van der Waals surface area contributed by atoms with Crippen LogP contribution >= 0.6 is 23.2 Å². The second-order valence-electron chi connectivity index (χ2n) is 2.72. The Morgan fingerprint density at radius 1 is 1.46 bits per heavy atom. The van der Waals surface area contributed by atoms with Gasteiger partial charge in [-0.25, -0.2) is 0 Å². The number of halogens is 2. The van der Waals surface area contributed by atoms with Crippen LogP contribution in [0.3, 0.4) is 0 Å². The van der Waals surface area contributed by atoms with Gasteiger partial charge in [0.05, 0.1) is 6.61 Å². The summed E-state index contributed by atoms with van der Waals surface area (Å²) < 4.78 is 0.221. The van der Waals surface area contributed by atoms with Crippen LogP contribution in [0.25, 0.3) is 6.08 Å². The highest BCUT2D eigenvalue weighted by Crippen LogP contribution is 2.19. The lowest BCUT2D eigenvalue weighted by atomic mass is 10.0. The first-order chi connectivity index (χ1) is 6.15. The van der Waals surface area contributed by atoms with Gasteiger partial charge < -0.3 is 5.11 Å². The van der Waals surface area contributed by atoms with Gasteiger partial charge in [0.15, 0.2) is 0 Å². The third-order valence-corrected chi connectivity index (χ3v) is 2.14. The second kappa shape index (κ2) is 4.66. The Bertz CT molecular complexity index is 328. The minimum Gasteiger partial charge on any atom is -0.392 e. The minimum atomic E-state index is 0.0351. The van der Waals surface area contributed by atoms with Crippen LogP contribution in [0.1, 0.15) is 16.7 Å². The van der Waals surface area contributed by atoms with Crippen LogP contribution in [0.2, 0.25) is 0 Å². The smallest absolute Gasteiger partial charge is 0.107 e. The molecule has 1 aromatic carbocycles. The van der Waals surface area contributed by atoms with Gasteiger partial charge in [0, 0.05) is 0 Å². The van der Waals surface area contributed by atoms with E-state index in [-0.39, 0.29) is 11.1 Å². The summed E-state index contributed by atoms with van der Waals surface area (Å²) in [6.07, 6.45) is 1.66. The fourth-order valence-corrected chi connectivity index (χ4v) is 1.38. The predicted molar refractivity (Wildman–Crippen MR) is 56.8 cm³/mol. The molecular formula is C10H10Cl2O. The third-order valence-electron chi connectivity index (χ3n) is 1.92. The largest absolute Gasteiger partial charge is 0.392 e. The quantitative estimate of drug-likeness (QED) is 0.805. The van der Waals surface area contributed by atoms with E-state index in [0.29, 0.717) is 0 Å². The molecule has 1 aromatic rings. The van der Waals surface area contributed by atoms with E-state index in [0.717, 1.165) is 16.7 Å². The van der Waals surface area contributed by atoms with Gasteiger partial charge in [0.25, 0.3) is 0 Å². The molecule has 0 aliphatic rings. The first-order valence-electron chi connectivity index (χ1n) is 3.87. The van der Waals surface area contributed by atoms with E-state index in [1.54, 1.807) is 6.08 Å². The molecule has 3 heteroatoms. The van der Waals surface area contributed by atoms with Crippen molar-refractivity contribution in [1.82, 2.24) is 0 Å². The molecule has 1 nitrogen and oxygen atoms in total. The Morgan fingerprint density at radius 2 is 2.15 bits per heavy atom. The van der Waals surface area contributed by atoms with Gasteiger partial charge in [-0.2, -0.15) is 0 Å². The molecular weight excluding hydrogens is 207 g/mol. The van der Waals surface area contributed by atoms with Gasteiger partial charge in [0.1, 0.15) is 4.49 Å². The Balaban J connectivity index is 3.16. The summed E-state index contributed by atoms with van der Waals surface area (Å²) in [5, 5.41) is 8.99. The Labute approximate surface area is 87.6 Å². The van der Waals surface area contributed by atoms with Crippen molar-refractivity contribution < 1.29 is 5.11 Å². The molecule has 0 saturated heterocycles. The molecule has 0 saturated carbocycles. The number of aliphatic hydroxyl groups is 1. The summed E-state index contributed by atoms with van der Waals surface area (Å²) >= 11 is 11.1. The Hall–Kier alpha value is -0.500. The van der Waals surface area contributed by atoms with Crippen LogP contribution in [-0.2, 0) is 6.61 Å². The molecule has 0 aliphatic heterocycles. The van der Waals surface area contributed by atoms with Crippen molar-refractivity contribution >= 4 is 29.3 Å². The van der Waals surface area contributed by atoms with Crippen LogP contribution in [0.15, 0.2) is 22.7 Å². The molecule has 0 amide bonds. The molecule has 0 aliphatic carbocycles. The highest BCUT2D eigenvalue weighted by molar-refractivity contribution is 6.57. The molecule has 0 heterocycles. The third kappa shape index (κ3) is 2.73. The standard InChI is InChI=1S/C10H10Cl2O/c1-7-8(5-10(11)12)3-2-4-9(7)6-13/h2-5,13H,6H2,1H3. The van der Waals surface area contributed by atoms with Crippen LogP contribution in [0.4, 0.5) is 0 Å². The number of rotatable bonds is 2. The molecule has 0 aromatic heterocycles. The number of hydrogen-bond acceptors (Lipinski definition) is 1. The molecule has 0 radical (unpaired) electrons. The monoisotopic (exact) mass is 216 g/mol. The molecule has 1 N–H and O–H groups in total. The normalized spacial score (nSPS) is 9.85. The first kappa shape index (κ1) is 10.6. The van der Waals surface area contributed by atoms with Crippen LogP contribution in [0.5, 0.6) is 0 Å². The van der Waals surface area contributed by atoms with Gasteiger partial charge in [-0.3, -0.25) is 0 Å². The van der Waals surface area contributed by atoms with Gasteiger partial charge in [-0.1, -0.05) is 41.4 Å². The molecule has 0 spiro atoms. The first-order valence-corrected chi connectivity index (χ1v) is 4.63. The maximum atomic E-state index is 8.99. The van der Waals surface area contributed by atoms with E-state index in [4.69, 9.17) is 28.3 Å². The average Bonchev–Trinajstić information content (AvgIpc) is 2.08. The van der Waals surface area contributed by atoms with E-state index < -0.39 is 0 Å². The van der Waals surface area contributed by atoms with Gasteiger partial charge in [-0.15, -0.1) is 0 Å². The number of hydrogen-bond donors (Lipinski definition) is 1. The van der Waals surface area contributed by atoms with Crippen LogP contribution in [0, 0.1) is 6.92 Å². The maximum Gasteiger partial charge on any atom is 0.107 e. The highest BCUT2D eigenvalue weighted by atomic mass is 35.5. The van der Waals surface area contributed by atoms with Crippen molar-refractivity contribution in [2.75, 3.05) is 0 Å². The Morgan fingerprint density at radius 3 is 2.69 bits per heavy atom. The number of benzene rings is 1. The van der Waals surface area contributed by atoms with E-state index in [1.807, 2.05) is 25.1 Å². The molecule has 70 valence electrons. The average molecular weight is 217 g/mol. The van der Waals surface area contributed by atoms with E-state index in [9.17, 15) is 0 Å². The van der Waals surface area contributed by atoms with Crippen molar-refractivity contribution in [3.05, 3.63) is 39.4 Å². The number of aliphatic hydroxyl groups excluding tert-OH is 1. The zero-order valence-corrected chi connectivity index (χ0v) is 8.73. The summed E-state index contributed by atoms with van der Waals surface area (Å²) in [6.45, 7) is 1.96. The Kier molecular flexibility index (Phi) is 3.79. The lowest BCUT2D eigenvalue weighted by Gasteiger charge is -2.05. The fraction of sp³-hybridized carbons (Fsp3) is 0.200. The summed E-state index contributed by atoms with van der Waals surface area (Å²) in [6, 6.07) is 5.63. The van der Waals surface area contributed by atoms with Gasteiger partial charge in [-0.05, 0) is 29.7 Å². The lowest BCUT2D eigenvalue weighted by Crippen LogP contribution is -1.90. The fourth-order valence-electron chi connectivity index (χ4n) is 1.15. The zero-order valence-electron chi connectivity index (χ0n) is 7.22.